The summed E-state index contributed by atoms with van der Waals surface area (Å²) in [5.41, 5.74) is 2.71. The highest BCUT2D eigenvalue weighted by molar-refractivity contribution is 7.89. The van der Waals surface area contributed by atoms with E-state index < -0.39 is 10.0 Å². The summed E-state index contributed by atoms with van der Waals surface area (Å²) in [6.07, 6.45) is 0.324. The van der Waals surface area contributed by atoms with Crippen molar-refractivity contribution >= 4 is 33.2 Å². The second-order valence-electron chi connectivity index (χ2n) is 6.73. The summed E-state index contributed by atoms with van der Waals surface area (Å²) in [7, 11) is -3.56. The van der Waals surface area contributed by atoms with E-state index in [-0.39, 0.29) is 16.7 Å². The van der Waals surface area contributed by atoms with Gasteiger partial charge in [-0.2, -0.15) is 4.31 Å². The Balaban J connectivity index is 1.76. The normalized spacial score (nSPS) is 13.7. The number of benzene rings is 2. The lowest BCUT2D eigenvalue weighted by atomic mass is 10.1. The van der Waals surface area contributed by atoms with Crippen molar-refractivity contribution < 1.29 is 18.0 Å². The third-order valence-electron chi connectivity index (χ3n) is 5.05. The molecule has 0 spiro atoms. The smallest absolute Gasteiger partial charge is 0.255 e. The number of hydrogen-bond acceptors (Lipinski definition) is 4. The van der Waals surface area contributed by atoms with Gasteiger partial charge in [0.1, 0.15) is 0 Å². The summed E-state index contributed by atoms with van der Waals surface area (Å²) in [5.74, 6) is -0.288. The van der Waals surface area contributed by atoms with Crippen LogP contribution in [0.2, 0.25) is 0 Å². The number of fused-ring (bicyclic) bond motifs is 1. The molecule has 8 heteroatoms. The summed E-state index contributed by atoms with van der Waals surface area (Å²) in [6, 6.07) is 11.3. The lowest BCUT2D eigenvalue weighted by molar-refractivity contribution is -0.117. The topological polar surface area (TPSA) is 86.8 Å². The fraction of sp³-hybridized carbons (Fsp3) is 0.333. The molecule has 2 aromatic rings. The SMILES string of the molecule is CCN1C(=O)Cc2cc(NC(=O)c3ccc(S(=O)(=O)N(CC)CC)cc3)ccc21. The van der Waals surface area contributed by atoms with E-state index in [0.29, 0.717) is 37.3 Å². The molecule has 0 fully saturated rings. The molecule has 1 aliphatic rings. The molecular formula is C21H25N3O4S. The van der Waals surface area contributed by atoms with Crippen LogP contribution in [-0.4, -0.2) is 44.2 Å². The first-order valence-electron chi connectivity index (χ1n) is 9.66. The highest BCUT2D eigenvalue weighted by Gasteiger charge is 2.26. The first-order valence-corrected chi connectivity index (χ1v) is 11.1. The summed E-state index contributed by atoms with van der Waals surface area (Å²) in [6.45, 7) is 6.88. The van der Waals surface area contributed by atoms with Gasteiger partial charge in [-0.05, 0) is 55.0 Å². The quantitative estimate of drug-likeness (QED) is 0.753. The van der Waals surface area contributed by atoms with Gasteiger partial charge in [0.2, 0.25) is 15.9 Å². The zero-order valence-corrected chi connectivity index (χ0v) is 17.6. The largest absolute Gasteiger partial charge is 0.322 e. The molecule has 1 aliphatic heterocycles. The Hall–Kier alpha value is -2.71. The molecule has 0 saturated carbocycles. The van der Waals surface area contributed by atoms with E-state index in [9.17, 15) is 18.0 Å². The van der Waals surface area contributed by atoms with Crippen molar-refractivity contribution in [3.63, 3.8) is 0 Å². The van der Waals surface area contributed by atoms with Crippen molar-refractivity contribution in [1.29, 1.82) is 0 Å². The second-order valence-corrected chi connectivity index (χ2v) is 8.66. The van der Waals surface area contributed by atoms with Crippen LogP contribution in [0.25, 0.3) is 0 Å². The number of sulfonamides is 1. The molecule has 0 bridgehead atoms. The molecule has 29 heavy (non-hydrogen) atoms. The van der Waals surface area contributed by atoms with Crippen LogP contribution in [0.5, 0.6) is 0 Å². The monoisotopic (exact) mass is 415 g/mol. The molecule has 3 rings (SSSR count). The third kappa shape index (κ3) is 4.04. The van der Waals surface area contributed by atoms with Crippen LogP contribution in [0, 0.1) is 0 Å². The number of carbonyl (C=O) groups is 2. The Morgan fingerprint density at radius 2 is 1.72 bits per heavy atom. The fourth-order valence-electron chi connectivity index (χ4n) is 3.50. The second kappa shape index (κ2) is 8.34. The molecule has 0 radical (unpaired) electrons. The van der Waals surface area contributed by atoms with Crippen LogP contribution in [0.4, 0.5) is 11.4 Å². The van der Waals surface area contributed by atoms with E-state index in [0.717, 1.165) is 11.3 Å². The number of rotatable bonds is 7. The van der Waals surface area contributed by atoms with Crippen molar-refractivity contribution in [2.24, 2.45) is 0 Å². The van der Waals surface area contributed by atoms with Crippen molar-refractivity contribution in [2.75, 3.05) is 29.9 Å². The Bertz CT molecular complexity index is 1030. The number of amides is 2. The van der Waals surface area contributed by atoms with Gasteiger partial charge in [-0.15, -0.1) is 0 Å². The molecule has 0 aromatic heterocycles. The number of carbonyl (C=O) groups excluding carboxylic acids is 2. The third-order valence-corrected chi connectivity index (χ3v) is 7.11. The van der Waals surface area contributed by atoms with E-state index in [1.165, 1.54) is 28.6 Å². The first kappa shape index (κ1) is 21.0. The lowest BCUT2D eigenvalue weighted by Crippen LogP contribution is -2.30. The lowest BCUT2D eigenvalue weighted by Gasteiger charge is -2.18. The predicted molar refractivity (Wildman–Crippen MR) is 113 cm³/mol. The molecule has 1 heterocycles. The fourth-order valence-corrected chi connectivity index (χ4v) is 4.96. The molecule has 2 aromatic carbocycles. The van der Waals surface area contributed by atoms with Gasteiger partial charge in [-0.25, -0.2) is 8.42 Å². The van der Waals surface area contributed by atoms with E-state index in [4.69, 9.17) is 0 Å². The number of nitrogens with zero attached hydrogens (tertiary/aromatic N) is 2. The number of anilines is 2. The Labute approximate surface area is 171 Å². The van der Waals surface area contributed by atoms with Crippen molar-refractivity contribution in [3.8, 4) is 0 Å². The summed E-state index contributed by atoms with van der Waals surface area (Å²) in [5, 5.41) is 2.81. The molecular weight excluding hydrogens is 390 g/mol. The summed E-state index contributed by atoms with van der Waals surface area (Å²) in [4.78, 5) is 26.4. The average molecular weight is 416 g/mol. The molecule has 1 N–H and O–H groups in total. The van der Waals surface area contributed by atoms with Crippen LogP contribution in [0.1, 0.15) is 36.7 Å². The maximum atomic E-state index is 12.6. The van der Waals surface area contributed by atoms with Gasteiger partial charge in [0.25, 0.3) is 5.91 Å². The molecule has 0 atom stereocenters. The summed E-state index contributed by atoms with van der Waals surface area (Å²) >= 11 is 0. The van der Waals surface area contributed by atoms with Gasteiger partial charge in [-0.1, -0.05) is 13.8 Å². The Morgan fingerprint density at radius 1 is 1.07 bits per heavy atom. The minimum absolute atomic E-state index is 0.0518. The van der Waals surface area contributed by atoms with E-state index >= 15 is 0 Å². The van der Waals surface area contributed by atoms with E-state index in [1.807, 2.05) is 13.0 Å². The predicted octanol–water partition coefficient (Wildman–Crippen LogP) is 2.88. The number of likely N-dealkylation sites (N-methyl/N-ethyl adjacent to an activating group) is 1. The molecule has 0 aliphatic carbocycles. The van der Waals surface area contributed by atoms with Gasteiger partial charge in [0.15, 0.2) is 0 Å². The van der Waals surface area contributed by atoms with Crippen molar-refractivity contribution in [2.45, 2.75) is 32.1 Å². The minimum Gasteiger partial charge on any atom is -0.322 e. The summed E-state index contributed by atoms with van der Waals surface area (Å²) < 4.78 is 26.5. The zero-order valence-electron chi connectivity index (χ0n) is 16.8. The molecule has 2 amide bonds. The van der Waals surface area contributed by atoms with Crippen LogP contribution >= 0.6 is 0 Å². The number of nitrogens with one attached hydrogen (secondary N) is 1. The Morgan fingerprint density at radius 3 is 2.31 bits per heavy atom. The van der Waals surface area contributed by atoms with Crippen LogP contribution in [-0.2, 0) is 21.2 Å². The Kier molecular flexibility index (Phi) is 6.04. The minimum atomic E-state index is -3.56. The maximum absolute atomic E-state index is 12.6. The maximum Gasteiger partial charge on any atom is 0.255 e. The molecule has 154 valence electrons. The first-order chi connectivity index (χ1) is 13.8. The van der Waals surface area contributed by atoms with Gasteiger partial charge in [0, 0.05) is 36.6 Å². The van der Waals surface area contributed by atoms with Crippen molar-refractivity contribution in [1.82, 2.24) is 4.31 Å². The molecule has 0 unspecified atom stereocenters. The van der Waals surface area contributed by atoms with Crippen LogP contribution in [0.3, 0.4) is 0 Å². The van der Waals surface area contributed by atoms with Gasteiger partial charge >= 0.3 is 0 Å². The van der Waals surface area contributed by atoms with Crippen LogP contribution in [0.15, 0.2) is 47.4 Å². The average Bonchev–Trinajstić information content (AvgIpc) is 3.02. The number of hydrogen-bond donors (Lipinski definition) is 1. The van der Waals surface area contributed by atoms with Gasteiger partial charge in [0.05, 0.1) is 11.3 Å². The zero-order chi connectivity index (χ0) is 21.2. The van der Waals surface area contributed by atoms with E-state index in [2.05, 4.69) is 5.32 Å². The molecule has 0 saturated heterocycles. The van der Waals surface area contributed by atoms with Gasteiger partial charge < -0.3 is 10.2 Å². The van der Waals surface area contributed by atoms with Crippen molar-refractivity contribution in [3.05, 3.63) is 53.6 Å². The standard InChI is InChI=1S/C21H25N3O4S/c1-4-23(5-2)29(27,28)18-10-7-15(8-11-18)21(26)22-17-9-12-19-16(13-17)14-20(25)24(19)6-3/h7-13H,4-6,14H2,1-3H3,(H,22,26). The van der Waals surface area contributed by atoms with E-state index in [1.54, 1.807) is 30.9 Å². The highest BCUT2D eigenvalue weighted by Crippen LogP contribution is 2.31. The van der Waals surface area contributed by atoms with Crippen LogP contribution < -0.4 is 10.2 Å². The van der Waals surface area contributed by atoms with Gasteiger partial charge in [-0.3, -0.25) is 9.59 Å². The molecule has 7 nitrogen and oxygen atoms in total. The highest BCUT2D eigenvalue weighted by atomic mass is 32.2.